The number of carbonyl (C=O) groups is 1. The molecule has 39 heavy (non-hydrogen) atoms. The third-order valence-corrected chi connectivity index (χ3v) is 9.88. The Morgan fingerprint density at radius 2 is 1.67 bits per heavy atom. The number of sulfonamides is 1. The molecule has 0 radical (unpaired) electrons. The summed E-state index contributed by atoms with van der Waals surface area (Å²) in [5.41, 5.74) is -2.48. The van der Waals surface area contributed by atoms with Crippen LogP contribution in [0.4, 0.5) is 17.6 Å². The summed E-state index contributed by atoms with van der Waals surface area (Å²) in [6.45, 7) is 5.64. The highest BCUT2D eigenvalue weighted by Crippen LogP contribution is 2.71. The summed E-state index contributed by atoms with van der Waals surface area (Å²) in [6.07, 6.45) is -3.15. The summed E-state index contributed by atoms with van der Waals surface area (Å²) in [5.74, 6) is -0.0672. The summed E-state index contributed by atoms with van der Waals surface area (Å²) < 4.78 is 81.6. The van der Waals surface area contributed by atoms with Crippen molar-refractivity contribution in [3.05, 3.63) is 65.5 Å². The van der Waals surface area contributed by atoms with Crippen LogP contribution in [0.2, 0.25) is 0 Å². The monoisotopic (exact) mass is 566 g/mol. The Labute approximate surface area is 224 Å². The topological polar surface area (TPSA) is 90.9 Å². The van der Waals surface area contributed by atoms with Crippen molar-refractivity contribution in [2.24, 2.45) is 10.4 Å². The number of hydrogen-bond acceptors (Lipinski definition) is 5. The van der Waals surface area contributed by atoms with Gasteiger partial charge in [0, 0.05) is 23.5 Å². The molecule has 3 aliphatic carbocycles. The van der Waals surface area contributed by atoms with Gasteiger partial charge < -0.3 is 10.6 Å². The van der Waals surface area contributed by atoms with Crippen molar-refractivity contribution < 1.29 is 30.8 Å². The second kappa shape index (κ2) is 9.02. The number of amidine groups is 1. The molecule has 12 heteroatoms. The van der Waals surface area contributed by atoms with Gasteiger partial charge in [-0.05, 0) is 82.0 Å². The van der Waals surface area contributed by atoms with Gasteiger partial charge in [-0.25, -0.2) is 12.8 Å². The molecule has 0 unspecified atom stereocenters. The molecule has 2 bridgehead atoms. The Bertz CT molecular complexity index is 1400. The summed E-state index contributed by atoms with van der Waals surface area (Å²) in [5, 5.41) is 6.17. The average molecular weight is 567 g/mol. The highest BCUT2D eigenvalue weighted by molar-refractivity contribution is 7.89. The minimum atomic E-state index is -4.51. The molecule has 210 valence electrons. The molecule has 2 N–H and O–H groups in total. The molecule has 0 spiro atoms. The minimum Gasteiger partial charge on any atom is -0.358 e. The van der Waals surface area contributed by atoms with Crippen LogP contribution in [0.5, 0.6) is 0 Å². The Hall–Kier alpha value is -2.99. The Morgan fingerprint density at radius 1 is 1.08 bits per heavy atom. The molecule has 1 heterocycles. The number of benzene rings is 2. The lowest BCUT2D eigenvalue weighted by Crippen LogP contribution is -2.79. The molecular formula is C27H30F4N4O3S. The van der Waals surface area contributed by atoms with Crippen molar-refractivity contribution in [3.8, 4) is 0 Å². The molecule has 3 fully saturated rings. The zero-order chi connectivity index (χ0) is 28.4. The fourth-order valence-corrected chi connectivity index (χ4v) is 7.64. The van der Waals surface area contributed by atoms with Crippen LogP contribution in [0.15, 0.2) is 58.4 Å². The van der Waals surface area contributed by atoms with Crippen LogP contribution in [0, 0.1) is 11.2 Å². The van der Waals surface area contributed by atoms with Gasteiger partial charge in [-0.2, -0.15) is 17.5 Å². The number of halogens is 4. The number of aliphatic imine (C=N–C) groups is 1. The summed E-state index contributed by atoms with van der Waals surface area (Å²) >= 11 is 0. The number of amides is 1. The Morgan fingerprint density at radius 3 is 2.21 bits per heavy atom. The second-order valence-corrected chi connectivity index (χ2v) is 13.3. The van der Waals surface area contributed by atoms with E-state index < -0.39 is 44.1 Å². The van der Waals surface area contributed by atoms with Gasteiger partial charge in [0.15, 0.2) is 0 Å². The maximum atomic E-state index is 13.8. The molecule has 7 nitrogen and oxygen atoms in total. The van der Waals surface area contributed by atoms with Crippen molar-refractivity contribution in [1.82, 2.24) is 14.9 Å². The molecule has 1 amide bonds. The maximum absolute atomic E-state index is 13.8. The molecule has 1 atom stereocenters. The fourth-order valence-electron chi connectivity index (χ4n) is 5.88. The van der Waals surface area contributed by atoms with Crippen LogP contribution in [-0.4, -0.2) is 48.1 Å². The first-order chi connectivity index (χ1) is 18.1. The summed E-state index contributed by atoms with van der Waals surface area (Å²) in [7, 11) is -4.12. The summed E-state index contributed by atoms with van der Waals surface area (Å²) in [4.78, 5) is 17.2. The zero-order valence-corrected chi connectivity index (χ0v) is 22.6. The predicted octanol–water partition coefficient (Wildman–Crippen LogP) is 4.24. The van der Waals surface area contributed by atoms with Crippen molar-refractivity contribution in [3.63, 3.8) is 0 Å². The first-order valence-corrected chi connectivity index (χ1v) is 14.1. The predicted molar refractivity (Wildman–Crippen MR) is 137 cm³/mol. The van der Waals surface area contributed by atoms with E-state index in [0.717, 1.165) is 24.3 Å². The molecule has 2 aromatic rings. The van der Waals surface area contributed by atoms with E-state index in [1.54, 1.807) is 6.92 Å². The van der Waals surface area contributed by atoms with E-state index in [4.69, 9.17) is 0 Å². The van der Waals surface area contributed by atoms with E-state index in [1.165, 1.54) is 28.6 Å². The number of rotatable bonds is 8. The molecule has 1 aliphatic heterocycles. The summed E-state index contributed by atoms with van der Waals surface area (Å²) in [6, 6.07) is 8.88. The van der Waals surface area contributed by atoms with Gasteiger partial charge >= 0.3 is 6.18 Å². The van der Waals surface area contributed by atoms with Crippen LogP contribution in [-0.2, 0) is 27.5 Å². The first kappa shape index (κ1) is 27.6. The number of nitrogens with zero attached hydrogens (tertiary/aromatic N) is 2. The molecule has 6 rings (SSSR count). The van der Waals surface area contributed by atoms with Gasteiger partial charge in [0.1, 0.15) is 17.2 Å². The van der Waals surface area contributed by atoms with Crippen molar-refractivity contribution >= 4 is 21.8 Å². The van der Waals surface area contributed by atoms with E-state index in [1.807, 2.05) is 13.8 Å². The highest BCUT2D eigenvalue weighted by Gasteiger charge is 2.75. The molecule has 4 aliphatic rings. The van der Waals surface area contributed by atoms with Crippen LogP contribution < -0.4 is 10.6 Å². The van der Waals surface area contributed by atoms with Gasteiger partial charge in [-0.15, -0.1) is 0 Å². The third-order valence-electron chi connectivity index (χ3n) is 7.91. The maximum Gasteiger partial charge on any atom is 0.416 e. The largest absolute Gasteiger partial charge is 0.416 e. The lowest BCUT2D eigenvalue weighted by molar-refractivity contribution is -0.151. The molecule has 2 aromatic carbocycles. The quantitative estimate of drug-likeness (QED) is 0.468. The second-order valence-electron chi connectivity index (χ2n) is 11.4. The minimum absolute atomic E-state index is 0.0335. The van der Waals surface area contributed by atoms with Crippen molar-refractivity contribution in [1.29, 1.82) is 0 Å². The van der Waals surface area contributed by atoms with E-state index in [0.29, 0.717) is 30.7 Å². The number of alkyl halides is 3. The molecule has 0 aromatic heterocycles. The van der Waals surface area contributed by atoms with E-state index in [-0.39, 0.29) is 29.9 Å². The van der Waals surface area contributed by atoms with Gasteiger partial charge in [0.05, 0.1) is 17.0 Å². The Balaban J connectivity index is 1.39. The smallest absolute Gasteiger partial charge is 0.358 e. The van der Waals surface area contributed by atoms with Gasteiger partial charge in [0.25, 0.3) is 0 Å². The van der Waals surface area contributed by atoms with Crippen molar-refractivity contribution in [2.75, 3.05) is 6.54 Å². The zero-order valence-electron chi connectivity index (χ0n) is 21.8. The van der Waals surface area contributed by atoms with E-state index in [2.05, 4.69) is 15.6 Å². The molecule has 0 saturated heterocycles. The Kier molecular flexibility index (Phi) is 6.38. The van der Waals surface area contributed by atoms with Crippen LogP contribution in [0.25, 0.3) is 0 Å². The van der Waals surface area contributed by atoms with Crippen molar-refractivity contribution in [2.45, 2.75) is 74.8 Å². The van der Waals surface area contributed by atoms with Gasteiger partial charge in [-0.3, -0.25) is 9.79 Å². The van der Waals surface area contributed by atoms with Crippen LogP contribution >= 0.6 is 0 Å². The first-order valence-electron chi connectivity index (χ1n) is 12.7. The average Bonchev–Trinajstić information content (AvgIpc) is 3.19. The molecule has 3 saturated carbocycles. The molecular weight excluding hydrogens is 536 g/mol. The van der Waals surface area contributed by atoms with Gasteiger partial charge in [-0.1, -0.05) is 12.1 Å². The number of carbonyl (C=O) groups excluding carboxylic acids is 1. The van der Waals surface area contributed by atoms with E-state index >= 15 is 0 Å². The highest BCUT2D eigenvalue weighted by atomic mass is 32.2. The normalized spacial score (nSPS) is 28.0. The lowest BCUT2D eigenvalue weighted by atomic mass is 9.38. The standard InChI is InChI=1S/C27H30F4N4O3S/c1-17(2)33-23(36)24(3)16-32-22(34-24)25-13-26(14-25,15-25)35(39(37,38)21-10-8-20(28)9-11-21)12-18-4-6-19(7-5-18)27(29,30)31/h4-11,17H,12-16H2,1-3H3,(H,32,34)(H,33,36)/t24-,25?,26?/m0/s1. The van der Waals surface area contributed by atoms with Gasteiger partial charge in [0.2, 0.25) is 15.9 Å². The number of nitrogens with one attached hydrogen (secondary N) is 2. The fraction of sp³-hybridized carbons (Fsp3) is 0.481. The van der Waals surface area contributed by atoms with Crippen LogP contribution in [0.1, 0.15) is 51.2 Å². The number of hydrogen-bond donors (Lipinski definition) is 2. The van der Waals surface area contributed by atoms with E-state index in [9.17, 15) is 30.8 Å². The SMILES string of the molecule is CC(C)NC(=O)[C@]1(C)CN=C(C23CC(N(Cc4ccc(C(F)(F)F)cc4)S(=O)(=O)c4ccc(F)cc4)(C2)C3)N1. The van der Waals surface area contributed by atoms with Crippen LogP contribution in [0.3, 0.4) is 0 Å². The lowest BCUT2D eigenvalue weighted by Gasteiger charge is -2.73. The third kappa shape index (κ3) is 4.71.